The molecule has 0 atom stereocenters. The molecule has 0 aliphatic heterocycles. The van der Waals surface area contributed by atoms with Crippen LogP contribution < -0.4 is 9.79 Å². The van der Waals surface area contributed by atoms with Gasteiger partial charge in [-0.1, -0.05) is 67.2 Å². The van der Waals surface area contributed by atoms with Gasteiger partial charge in [-0.3, -0.25) is 9.13 Å². The van der Waals surface area contributed by atoms with Crippen molar-refractivity contribution in [3.8, 4) is 0 Å². The van der Waals surface area contributed by atoms with Crippen LogP contribution in [0.1, 0.15) is 67.2 Å². The fourth-order valence-corrected chi connectivity index (χ4v) is 0.577. The Hall–Kier alpha value is 0.886. The minimum Gasteiger partial charge on any atom is -0.772 e. The molecule has 0 aromatic carbocycles. The molecule has 0 unspecified atom stereocenters. The van der Waals surface area contributed by atoms with Crippen molar-refractivity contribution in [2.75, 3.05) is 0 Å². The molecule has 0 aliphatic rings. The smallest absolute Gasteiger partial charge is 0.772 e. The zero-order valence-electron chi connectivity index (χ0n) is 13.2. The summed E-state index contributed by atoms with van der Waals surface area (Å²) in [6, 6.07) is 0. The predicted octanol–water partition coefficient (Wildman–Crippen LogP) is 3.61. The summed E-state index contributed by atoms with van der Waals surface area (Å²) in [6.45, 7) is 13.5. The molecule has 7 heteroatoms. The molecule has 0 aliphatic carbocycles. The summed E-state index contributed by atoms with van der Waals surface area (Å²) in [5.41, 5.74) is 0. The molecule has 0 saturated carbocycles. The number of hydrogen-bond acceptors (Lipinski definition) is 4. The molecule has 0 spiro atoms. The van der Waals surface area contributed by atoms with E-state index < -0.39 is 17.4 Å². The Bertz CT molecular complexity index is 128. The molecule has 4 nitrogen and oxygen atoms in total. The van der Waals surface area contributed by atoms with Gasteiger partial charge < -0.3 is 9.79 Å². The molecule has 0 N–H and O–H groups in total. The van der Waals surface area contributed by atoms with Gasteiger partial charge in [0.25, 0.3) is 0 Å². The molecule has 0 amide bonds. The van der Waals surface area contributed by atoms with Crippen LogP contribution in [0.25, 0.3) is 0 Å². The first-order valence-corrected chi connectivity index (χ1v) is 7.81. The first-order valence-electron chi connectivity index (χ1n) is 6.35. The summed E-state index contributed by atoms with van der Waals surface area (Å²) < 4.78 is 16.7. The van der Waals surface area contributed by atoms with Crippen LogP contribution in [0.5, 0.6) is 0 Å². The summed E-state index contributed by atoms with van der Waals surface area (Å²) >= 11 is 0. The van der Waals surface area contributed by atoms with Gasteiger partial charge in [0.15, 0.2) is 0 Å². The molecule has 19 heavy (non-hydrogen) atoms. The minimum atomic E-state index is -1.08. The fourth-order valence-electron chi connectivity index (χ4n) is 0.577. The second-order valence-electron chi connectivity index (χ2n) is 3.99. The summed E-state index contributed by atoms with van der Waals surface area (Å²) in [7, 11) is -2.17. The van der Waals surface area contributed by atoms with Crippen molar-refractivity contribution < 1.29 is 18.9 Å². The van der Waals surface area contributed by atoms with Crippen LogP contribution in [0.3, 0.4) is 0 Å². The van der Waals surface area contributed by atoms with Gasteiger partial charge in [0.1, 0.15) is 0 Å². The SMILES string of the molecule is CCC(C)CC.CCC(C)CC.O=P[O-].O=P[O-].[Mg+2]. The summed E-state index contributed by atoms with van der Waals surface area (Å²) in [5, 5.41) is 0. The van der Waals surface area contributed by atoms with Crippen LogP contribution in [0.2, 0.25) is 0 Å². The van der Waals surface area contributed by atoms with Crippen molar-refractivity contribution >= 4 is 40.4 Å². The monoisotopic (exact) mass is 322 g/mol. The van der Waals surface area contributed by atoms with E-state index in [1.54, 1.807) is 0 Å². The Kier molecular flexibility index (Phi) is 61.3. The van der Waals surface area contributed by atoms with Crippen LogP contribution in [0.4, 0.5) is 0 Å². The fraction of sp³-hybridized carbons (Fsp3) is 1.00. The Balaban J connectivity index is -0.0000000476. The van der Waals surface area contributed by atoms with Gasteiger partial charge in [-0.25, -0.2) is 0 Å². The standard InChI is InChI=1S/2C6H14.Mg.2HO2P/c2*1-4-6(3)5-2;;2*1-3-2/h2*6H,4-5H2,1-3H3;;2*(H,1,2)/q;;+2;;/p-2. The van der Waals surface area contributed by atoms with Crippen molar-refractivity contribution in [2.24, 2.45) is 11.8 Å². The van der Waals surface area contributed by atoms with Crippen LogP contribution in [0.15, 0.2) is 0 Å². The normalized spacial score (nSPS) is 8.53. The van der Waals surface area contributed by atoms with E-state index in [9.17, 15) is 0 Å². The number of rotatable bonds is 4. The van der Waals surface area contributed by atoms with E-state index in [1.165, 1.54) is 25.7 Å². The second kappa shape index (κ2) is 36.4. The van der Waals surface area contributed by atoms with Crippen molar-refractivity contribution in [3.05, 3.63) is 0 Å². The maximum absolute atomic E-state index is 8.35. The second-order valence-corrected chi connectivity index (χ2v) is 4.29. The Morgan fingerprint density at radius 1 is 0.737 bits per heavy atom. The first kappa shape index (κ1) is 32.0. The van der Waals surface area contributed by atoms with E-state index in [0.29, 0.717) is 0 Å². The molecule has 112 valence electrons. The summed E-state index contributed by atoms with van der Waals surface area (Å²) in [5.74, 6) is 1.87. The Morgan fingerprint density at radius 3 is 0.842 bits per heavy atom. The zero-order valence-corrected chi connectivity index (χ0v) is 16.4. The average Bonchev–Trinajstić information content (AvgIpc) is 2.39. The Labute approximate surface area is 138 Å². The third-order valence-corrected chi connectivity index (χ3v) is 2.79. The van der Waals surface area contributed by atoms with E-state index in [0.717, 1.165) is 11.8 Å². The van der Waals surface area contributed by atoms with Crippen LogP contribution >= 0.6 is 17.4 Å². The Morgan fingerprint density at radius 2 is 0.842 bits per heavy atom. The topological polar surface area (TPSA) is 80.3 Å². The molecular formula is C12H28MgO4P2. The summed E-state index contributed by atoms with van der Waals surface area (Å²) in [4.78, 5) is 16.7. The van der Waals surface area contributed by atoms with E-state index >= 15 is 0 Å². The minimum absolute atomic E-state index is 0. The van der Waals surface area contributed by atoms with E-state index in [-0.39, 0.29) is 23.1 Å². The van der Waals surface area contributed by atoms with Crippen LogP contribution in [0, 0.1) is 11.8 Å². The van der Waals surface area contributed by atoms with Crippen molar-refractivity contribution in [1.29, 1.82) is 0 Å². The third kappa shape index (κ3) is 68.2. The first-order chi connectivity index (χ1) is 8.44. The van der Waals surface area contributed by atoms with Gasteiger partial charge in [-0.15, -0.1) is 0 Å². The molecule has 0 saturated heterocycles. The van der Waals surface area contributed by atoms with Gasteiger partial charge in [0, 0.05) is 0 Å². The van der Waals surface area contributed by atoms with Gasteiger partial charge in [0.2, 0.25) is 0 Å². The molecule has 0 fully saturated rings. The largest absolute Gasteiger partial charge is 2.00 e. The molecule has 0 rings (SSSR count). The molecule has 0 heterocycles. The zero-order chi connectivity index (χ0) is 15.4. The quantitative estimate of drug-likeness (QED) is 0.585. The van der Waals surface area contributed by atoms with Crippen molar-refractivity contribution in [1.82, 2.24) is 0 Å². The van der Waals surface area contributed by atoms with Gasteiger partial charge in [-0.05, 0) is 11.8 Å². The van der Waals surface area contributed by atoms with Gasteiger partial charge >= 0.3 is 23.1 Å². The maximum atomic E-state index is 8.35. The molecular weight excluding hydrogens is 294 g/mol. The third-order valence-electron chi connectivity index (χ3n) is 2.79. The van der Waals surface area contributed by atoms with Crippen molar-refractivity contribution in [3.63, 3.8) is 0 Å². The number of hydrogen-bond donors (Lipinski definition) is 0. The molecule has 0 aromatic heterocycles. The van der Waals surface area contributed by atoms with Gasteiger partial charge in [-0.2, -0.15) is 0 Å². The average molecular weight is 323 g/mol. The molecule has 0 aromatic rings. The predicted molar refractivity (Wildman–Crippen MR) is 80.5 cm³/mol. The van der Waals surface area contributed by atoms with Crippen LogP contribution in [-0.2, 0) is 9.13 Å². The van der Waals surface area contributed by atoms with Gasteiger partial charge in [0.05, 0.1) is 17.4 Å². The molecule has 0 radical (unpaired) electrons. The van der Waals surface area contributed by atoms with E-state index in [4.69, 9.17) is 18.9 Å². The van der Waals surface area contributed by atoms with E-state index in [1.807, 2.05) is 0 Å². The maximum Gasteiger partial charge on any atom is 2.00 e. The van der Waals surface area contributed by atoms with E-state index in [2.05, 4.69) is 41.5 Å². The summed E-state index contributed by atoms with van der Waals surface area (Å²) in [6.07, 6.45) is 5.32. The van der Waals surface area contributed by atoms with Crippen LogP contribution in [-0.4, -0.2) is 23.1 Å². The molecule has 0 bridgehead atoms. The van der Waals surface area contributed by atoms with Crippen molar-refractivity contribution in [2.45, 2.75) is 67.2 Å².